The molecule has 1 radical (unpaired) electrons. The number of nitrogens with zero attached hydrogens (tertiary/aromatic N) is 2. The van der Waals surface area contributed by atoms with Gasteiger partial charge < -0.3 is 9.97 Å². The average Bonchev–Trinajstić information content (AvgIpc) is 2.59. The molecule has 0 atom stereocenters. The standard InChI is InChI=1S/C6H5N4/c1-2-9-6(8-1)5-3-7-4-10-5/h1-2,4H,(H,7,10)(H,8,9). The fourth-order valence-electron chi connectivity index (χ4n) is 0.745. The highest BCUT2D eigenvalue weighted by Gasteiger charge is 1.99. The number of rotatable bonds is 1. The Morgan fingerprint density at radius 2 is 2.40 bits per heavy atom. The summed E-state index contributed by atoms with van der Waals surface area (Å²) in [5, 5.41) is 0. The number of nitrogens with one attached hydrogen (secondary N) is 2. The molecule has 2 N–H and O–H groups in total. The summed E-state index contributed by atoms with van der Waals surface area (Å²) >= 11 is 0. The van der Waals surface area contributed by atoms with Crippen LogP contribution in [0.2, 0.25) is 0 Å². The second-order valence-corrected chi connectivity index (χ2v) is 1.81. The molecule has 0 aromatic carbocycles. The molecule has 0 aliphatic heterocycles. The molecule has 0 saturated carbocycles. The topological polar surface area (TPSA) is 57.4 Å². The fraction of sp³-hybridized carbons (Fsp3) is 0. The first-order chi connectivity index (χ1) is 4.97. The van der Waals surface area contributed by atoms with Crippen LogP contribution in [0.1, 0.15) is 0 Å². The summed E-state index contributed by atoms with van der Waals surface area (Å²) in [6, 6.07) is 0. The average molecular weight is 133 g/mol. The largest absolute Gasteiger partial charge is 0.343 e. The van der Waals surface area contributed by atoms with E-state index in [4.69, 9.17) is 0 Å². The zero-order chi connectivity index (χ0) is 6.81. The third-order valence-corrected chi connectivity index (χ3v) is 1.17. The molecule has 0 amide bonds. The minimum Gasteiger partial charge on any atom is -0.343 e. The van der Waals surface area contributed by atoms with Gasteiger partial charge in [-0.3, -0.25) is 0 Å². The molecule has 49 valence electrons. The van der Waals surface area contributed by atoms with Crippen molar-refractivity contribution < 1.29 is 0 Å². The number of aromatic nitrogens is 4. The number of hydrogen-bond acceptors (Lipinski definition) is 2. The smallest absolute Gasteiger partial charge is 0.158 e. The molecule has 0 bridgehead atoms. The number of aromatic amines is 2. The Morgan fingerprint density at radius 3 is 3.00 bits per heavy atom. The Morgan fingerprint density at radius 1 is 1.40 bits per heavy atom. The molecule has 0 fully saturated rings. The Kier molecular flexibility index (Phi) is 1.04. The van der Waals surface area contributed by atoms with E-state index in [9.17, 15) is 0 Å². The first kappa shape index (κ1) is 5.22. The Bertz CT molecular complexity index is 249. The van der Waals surface area contributed by atoms with Crippen LogP contribution in [0.25, 0.3) is 11.5 Å². The van der Waals surface area contributed by atoms with E-state index in [1.165, 1.54) is 0 Å². The summed E-state index contributed by atoms with van der Waals surface area (Å²) in [6.45, 7) is 0. The van der Waals surface area contributed by atoms with Gasteiger partial charge in [0.2, 0.25) is 0 Å². The van der Waals surface area contributed by atoms with Crippen LogP contribution in [0.5, 0.6) is 0 Å². The molecule has 4 nitrogen and oxygen atoms in total. The van der Waals surface area contributed by atoms with Crippen LogP contribution >= 0.6 is 0 Å². The lowest BCUT2D eigenvalue weighted by Gasteiger charge is -1.83. The molecule has 0 unspecified atom stereocenters. The van der Waals surface area contributed by atoms with Gasteiger partial charge in [-0.1, -0.05) is 0 Å². The van der Waals surface area contributed by atoms with E-state index in [0.717, 1.165) is 5.82 Å². The second-order valence-electron chi connectivity index (χ2n) is 1.81. The van der Waals surface area contributed by atoms with Gasteiger partial charge in [0, 0.05) is 12.4 Å². The van der Waals surface area contributed by atoms with Gasteiger partial charge >= 0.3 is 0 Å². The van der Waals surface area contributed by atoms with Crippen molar-refractivity contribution in [3.05, 3.63) is 24.9 Å². The van der Waals surface area contributed by atoms with Gasteiger partial charge in [-0.25, -0.2) is 9.97 Å². The van der Waals surface area contributed by atoms with Crippen molar-refractivity contribution in [1.29, 1.82) is 0 Å². The lowest BCUT2D eigenvalue weighted by atomic mass is 10.5. The normalized spacial score (nSPS) is 10.0. The quantitative estimate of drug-likeness (QED) is 0.598. The number of hydrogen-bond donors (Lipinski definition) is 2. The Hall–Kier alpha value is -1.58. The molecular formula is C6H5N4. The zero-order valence-corrected chi connectivity index (χ0v) is 5.13. The Labute approximate surface area is 57.3 Å². The highest BCUT2D eigenvalue weighted by Crippen LogP contribution is 2.06. The molecule has 4 heteroatoms. The molecular weight excluding hydrogens is 128 g/mol. The van der Waals surface area contributed by atoms with Crippen LogP contribution < -0.4 is 0 Å². The maximum absolute atomic E-state index is 3.99. The predicted octanol–water partition coefficient (Wildman–Crippen LogP) is 0.600. The molecule has 0 spiro atoms. The maximum atomic E-state index is 3.99. The van der Waals surface area contributed by atoms with Crippen LogP contribution in [0.4, 0.5) is 0 Å². The summed E-state index contributed by atoms with van der Waals surface area (Å²) in [4.78, 5) is 13.6. The van der Waals surface area contributed by atoms with E-state index < -0.39 is 0 Å². The highest BCUT2D eigenvalue weighted by atomic mass is 15.0. The molecule has 10 heavy (non-hydrogen) atoms. The van der Waals surface area contributed by atoms with Gasteiger partial charge in [0.1, 0.15) is 5.69 Å². The maximum Gasteiger partial charge on any atom is 0.158 e. The first-order valence-electron chi connectivity index (χ1n) is 2.87. The van der Waals surface area contributed by atoms with E-state index >= 15 is 0 Å². The summed E-state index contributed by atoms with van der Waals surface area (Å²) in [5.41, 5.74) is 0.713. The van der Waals surface area contributed by atoms with Crippen molar-refractivity contribution in [2.45, 2.75) is 0 Å². The number of imidazole rings is 2. The van der Waals surface area contributed by atoms with E-state index in [1.807, 2.05) is 0 Å². The van der Waals surface area contributed by atoms with Crippen molar-refractivity contribution in [3.63, 3.8) is 0 Å². The summed E-state index contributed by atoms with van der Waals surface area (Å²) < 4.78 is 0. The van der Waals surface area contributed by atoms with Crippen LogP contribution in [0, 0.1) is 6.20 Å². The molecule has 0 saturated heterocycles. The van der Waals surface area contributed by atoms with E-state index in [1.54, 1.807) is 18.7 Å². The summed E-state index contributed by atoms with van der Waals surface area (Å²) in [5.74, 6) is 0.737. The summed E-state index contributed by atoms with van der Waals surface area (Å²) in [7, 11) is 0. The van der Waals surface area contributed by atoms with Crippen molar-refractivity contribution in [2.75, 3.05) is 0 Å². The molecule has 2 aromatic heterocycles. The fourth-order valence-corrected chi connectivity index (χ4v) is 0.745. The van der Waals surface area contributed by atoms with Crippen molar-refractivity contribution in [1.82, 2.24) is 19.9 Å². The SMILES string of the molecule is [c]1[nH]cnc1-c1ncc[nH]1. The van der Waals surface area contributed by atoms with Crippen molar-refractivity contribution in [3.8, 4) is 11.5 Å². The van der Waals surface area contributed by atoms with E-state index in [-0.39, 0.29) is 0 Å². The Balaban J connectivity index is 2.48. The van der Waals surface area contributed by atoms with Crippen LogP contribution in [-0.4, -0.2) is 19.9 Å². The third-order valence-electron chi connectivity index (χ3n) is 1.17. The zero-order valence-electron chi connectivity index (χ0n) is 5.13. The van der Waals surface area contributed by atoms with Gasteiger partial charge in [0.25, 0.3) is 0 Å². The lowest BCUT2D eigenvalue weighted by Crippen LogP contribution is -1.77. The van der Waals surface area contributed by atoms with Gasteiger partial charge in [0.15, 0.2) is 5.82 Å². The molecule has 0 aliphatic carbocycles. The lowest BCUT2D eigenvalue weighted by molar-refractivity contribution is 1.25. The minimum atomic E-state index is 0.713. The second kappa shape index (κ2) is 1.98. The van der Waals surface area contributed by atoms with Crippen LogP contribution in [-0.2, 0) is 0 Å². The minimum absolute atomic E-state index is 0.713. The van der Waals surface area contributed by atoms with Gasteiger partial charge in [-0.15, -0.1) is 0 Å². The van der Waals surface area contributed by atoms with Crippen molar-refractivity contribution >= 4 is 0 Å². The van der Waals surface area contributed by atoms with Crippen LogP contribution in [0.3, 0.4) is 0 Å². The highest BCUT2D eigenvalue weighted by molar-refractivity contribution is 5.45. The van der Waals surface area contributed by atoms with Crippen molar-refractivity contribution in [2.24, 2.45) is 0 Å². The van der Waals surface area contributed by atoms with Gasteiger partial charge in [0.05, 0.1) is 12.5 Å². The molecule has 2 heterocycles. The summed E-state index contributed by atoms with van der Waals surface area (Å²) in [6.07, 6.45) is 7.80. The van der Waals surface area contributed by atoms with E-state index in [0.29, 0.717) is 5.69 Å². The van der Waals surface area contributed by atoms with E-state index in [2.05, 4.69) is 26.1 Å². The first-order valence-corrected chi connectivity index (χ1v) is 2.87. The molecule has 2 aromatic rings. The predicted molar refractivity (Wildman–Crippen MR) is 35.0 cm³/mol. The molecule has 2 rings (SSSR count). The van der Waals surface area contributed by atoms with Gasteiger partial charge in [-0.2, -0.15) is 0 Å². The van der Waals surface area contributed by atoms with Gasteiger partial charge in [-0.05, 0) is 0 Å². The number of H-pyrrole nitrogens is 2. The third kappa shape index (κ3) is 0.699. The van der Waals surface area contributed by atoms with Crippen LogP contribution in [0.15, 0.2) is 18.7 Å². The molecule has 0 aliphatic rings. The monoisotopic (exact) mass is 133 g/mol.